The van der Waals surface area contributed by atoms with Crippen molar-refractivity contribution in [2.45, 2.75) is 69.4 Å². The quantitative estimate of drug-likeness (QED) is 0.790. The van der Waals surface area contributed by atoms with Gasteiger partial charge in [0.05, 0.1) is 30.0 Å². The molecule has 4 heteroatoms. The van der Waals surface area contributed by atoms with Crippen LogP contribution in [0.2, 0.25) is 0 Å². The summed E-state index contributed by atoms with van der Waals surface area (Å²) in [5.41, 5.74) is -0.708. The molecule has 4 unspecified atom stereocenters. The predicted octanol–water partition coefficient (Wildman–Crippen LogP) is 1.89. The minimum atomic E-state index is -0.587. The molecular weight excluding hydrogens is 244 g/mol. The number of rotatable bonds is 1. The molecule has 3 heterocycles. The van der Waals surface area contributed by atoms with Crippen molar-refractivity contribution in [1.29, 1.82) is 0 Å². The van der Waals surface area contributed by atoms with E-state index < -0.39 is 5.60 Å². The van der Waals surface area contributed by atoms with Crippen molar-refractivity contribution < 1.29 is 19.3 Å². The smallest absolute Gasteiger partial charge is 0.0940 e. The summed E-state index contributed by atoms with van der Waals surface area (Å²) < 4.78 is 17.3. The second-order valence-corrected chi connectivity index (χ2v) is 6.79. The number of hydrogen-bond donors (Lipinski definition) is 1. The van der Waals surface area contributed by atoms with E-state index >= 15 is 0 Å². The normalized spacial score (nSPS) is 51.6. The zero-order valence-electron chi connectivity index (χ0n) is 12.1. The number of hydrogen-bond acceptors (Lipinski definition) is 4. The molecule has 1 spiro atoms. The van der Waals surface area contributed by atoms with Crippen LogP contribution >= 0.6 is 0 Å². The monoisotopic (exact) mass is 270 g/mol. The maximum absolute atomic E-state index is 11.1. The Labute approximate surface area is 115 Å². The maximum atomic E-state index is 11.1. The molecule has 4 atom stereocenters. The van der Waals surface area contributed by atoms with Crippen LogP contribution in [0.1, 0.15) is 46.0 Å². The van der Waals surface area contributed by atoms with Crippen molar-refractivity contribution in [3.63, 3.8) is 0 Å². The summed E-state index contributed by atoms with van der Waals surface area (Å²) in [6.45, 7) is 6.37. The van der Waals surface area contributed by atoms with E-state index in [-0.39, 0.29) is 17.8 Å². The third-order valence-corrected chi connectivity index (χ3v) is 5.07. The van der Waals surface area contributed by atoms with E-state index in [0.29, 0.717) is 12.5 Å². The molecule has 0 saturated carbocycles. The summed E-state index contributed by atoms with van der Waals surface area (Å²) in [5.74, 6) is 0.316. The van der Waals surface area contributed by atoms with Crippen LogP contribution in [0.3, 0.4) is 0 Å². The first kappa shape index (κ1) is 13.8. The van der Waals surface area contributed by atoms with Crippen molar-refractivity contribution in [3.05, 3.63) is 0 Å². The molecule has 0 aromatic carbocycles. The van der Waals surface area contributed by atoms with E-state index in [9.17, 15) is 5.11 Å². The van der Waals surface area contributed by atoms with Gasteiger partial charge in [-0.1, -0.05) is 0 Å². The Balaban J connectivity index is 1.73. The topological polar surface area (TPSA) is 47.9 Å². The lowest BCUT2D eigenvalue weighted by Gasteiger charge is -2.48. The second kappa shape index (κ2) is 4.99. The zero-order valence-corrected chi connectivity index (χ0v) is 12.1. The molecule has 0 aromatic rings. The maximum Gasteiger partial charge on any atom is 0.0940 e. The first-order valence-electron chi connectivity index (χ1n) is 7.61. The summed E-state index contributed by atoms with van der Waals surface area (Å²) in [5, 5.41) is 11.1. The van der Waals surface area contributed by atoms with Gasteiger partial charge in [0, 0.05) is 32.5 Å². The summed E-state index contributed by atoms with van der Waals surface area (Å²) in [6.07, 6.45) is 4.65. The number of aliphatic hydroxyl groups is 1. The van der Waals surface area contributed by atoms with Gasteiger partial charge in [-0.3, -0.25) is 0 Å². The lowest BCUT2D eigenvalue weighted by Crippen LogP contribution is -2.53. The van der Waals surface area contributed by atoms with E-state index in [0.717, 1.165) is 45.3 Å². The molecule has 3 rings (SSSR count). The van der Waals surface area contributed by atoms with Crippen LogP contribution in [0.4, 0.5) is 0 Å². The molecular formula is C15H26O4. The Bertz CT molecular complexity index is 314. The summed E-state index contributed by atoms with van der Waals surface area (Å²) >= 11 is 0. The summed E-state index contributed by atoms with van der Waals surface area (Å²) in [7, 11) is 0. The Morgan fingerprint density at radius 3 is 2.42 bits per heavy atom. The fourth-order valence-corrected chi connectivity index (χ4v) is 4.25. The molecule has 0 radical (unpaired) electrons. The molecule has 1 N–H and O–H groups in total. The van der Waals surface area contributed by atoms with Gasteiger partial charge in [0.15, 0.2) is 0 Å². The fraction of sp³-hybridized carbons (Fsp3) is 1.00. The van der Waals surface area contributed by atoms with E-state index in [1.165, 1.54) is 0 Å². The highest BCUT2D eigenvalue weighted by atomic mass is 16.6. The van der Waals surface area contributed by atoms with Crippen molar-refractivity contribution in [2.24, 2.45) is 5.92 Å². The fourth-order valence-electron chi connectivity index (χ4n) is 4.25. The minimum Gasteiger partial charge on any atom is -0.389 e. The summed E-state index contributed by atoms with van der Waals surface area (Å²) in [6, 6.07) is 0. The highest BCUT2D eigenvalue weighted by Crippen LogP contribution is 2.45. The van der Waals surface area contributed by atoms with E-state index in [1.807, 2.05) is 0 Å². The van der Waals surface area contributed by atoms with Gasteiger partial charge in [-0.25, -0.2) is 0 Å². The van der Waals surface area contributed by atoms with Gasteiger partial charge in [0.2, 0.25) is 0 Å². The van der Waals surface area contributed by atoms with Crippen molar-refractivity contribution in [2.75, 3.05) is 19.8 Å². The van der Waals surface area contributed by atoms with E-state index in [4.69, 9.17) is 14.2 Å². The van der Waals surface area contributed by atoms with Gasteiger partial charge >= 0.3 is 0 Å². The minimum absolute atomic E-state index is 0.122. The van der Waals surface area contributed by atoms with Gasteiger partial charge in [-0.05, 0) is 32.6 Å². The Morgan fingerprint density at radius 2 is 1.79 bits per heavy atom. The third kappa shape index (κ3) is 2.68. The van der Waals surface area contributed by atoms with Gasteiger partial charge < -0.3 is 19.3 Å². The van der Waals surface area contributed by atoms with E-state index in [2.05, 4.69) is 13.8 Å². The summed E-state index contributed by atoms with van der Waals surface area (Å²) in [4.78, 5) is 0. The molecule has 4 nitrogen and oxygen atoms in total. The van der Waals surface area contributed by atoms with E-state index in [1.54, 1.807) is 0 Å². The van der Waals surface area contributed by atoms with Gasteiger partial charge in [-0.2, -0.15) is 0 Å². The highest BCUT2D eigenvalue weighted by molar-refractivity contribution is 5.00. The van der Waals surface area contributed by atoms with Gasteiger partial charge in [0.1, 0.15) is 0 Å². The molecule has 0 aliphatic carbocycles. The van der Waals surface area contributed by atoms with Crippen LogP contribution in [0.25, 0.3) is 0 Å². The van der Waals surface area contributed by atoms with Crippen molar-refractivity contribution >= 4 is 0 Å². The molecule has 110 valence electrons. The van der Waals surface area contributed by atoms with Crippen LogP contribution < -0.4 is 0 Å². The van der Waals surface area contributed by atoms with Crippen LogP contribution in [0.5, 0.6) is 0 Å². The average molecular weight is 270 g/mol. The largest absolute Gasteiger partial charge is 0.389 e. The van der Waals surface area contributed by atoms with Crippen molar-refractivity contribution in [3.8, 4) is 0 Å². The number of ether oxygens (including phenoxy) is 3. The molecule has 3 fully saturated rings. The lowest BCUT2D eigenvalue weighted by molar-refractivity contribution is -0.191. The SMILES string of the molecule is CC1CC(O)(C2CCOC3(CCOC3)C2)CC(C)O1. The van der Waals surface area contributed by atoms with Crippen LogP contribution in [-0.4, -0.2) is 48.3 Å². The molecule has 19 heavy (non-hydrogen) atoms. The standard InChI is InChI=1S/C15H26O4/c1-11-7-15(16,8-12(2)19-11)13-3-5-18-14(9-13)4-6-17-10-14/h11-13,16H,3-10H2,1-2H3. The first-order chi connectivity index (χ1) is 9.01. The van der Waals surface area contributed by atoms with Crippen LogP contribution in [0, 0.1) is 5.92 Å². The molecule has 3 aliphatic heterocycles. The average Bonchev–Trinajstić information content (AvgIpc) is 2.75. The lowest BCUT2D eigenvalue weighted by atomic mass is 9.70. The van der Waals surface area contributed by atoms with Gasteiger partial charge in [0.25, 0.3) is 0 Å². The Morgan fingerprint density at radius 1 is 1.05 bits per heavy atom. The van der Waals surface area contributed by atoms with Gasteiger partial charge in [-0.15, -0.1) is 0 Å². The second-order valence-electron chi connectivity index (χ2n) is 6.79. The van der Waals surface area contributed by atoms with Crippen LogP contribution in [0.15, 0.2) is 0 Å². The molecule has 0 amide bonds. The molecule has 0 bridgehead atoms. The van der Waals surface area contributed by atoms with Crippen molar-refractivity contribution in [1.82, 2.24) is 0 Å². The zero-order chi connectivity index (χ0) is 13.5. The molecule has 3 aliphatic rings. The Hall–Kier alpha value is -0.160. The first-order valence-corrected chi connectivity index (χ1v) is 7.61. The molecule has 0 aromatic heterocycles. The Kier molecular flexibility index (Phi) is 3.63. The predicted molar refractivity (Wildman–Crippen MR) is 71.0 cm³/mol. The van der Waals surface area contributed by atoms with Crippen LogP contribution in [-0.2, 0) is 14.2 Å². The third-order valence-electron chi connectivity index (χ3n) is 5.07. The highest BCUT2D eigenvalue weighted by Gasteiger charge is 2.50. The molecule has 3 saturated heterocycles.